The molecule has 0 unspecified atom stereocenters. The molecule has 0 spiro atoms. The summed E-state index contributed by atoms with van der Waals surface area (Å²) in [5.74, 6) is 0.973. The van der Waals surface area contributed by atoms with Gasteiger partial charge in [0.15, 0.2) is 5.96 Å². The molecule has 0 radical (unpaired) electrons. The minimum Gasteiger partial charge on any atom is -0.356 e. The molecule has 0 bridgehead atoms. The van der Waals surface area contributed by atoms with E-state index in [1.165, 1.54) is 38.8 Å². The Labute approximate surface area is 149 Å². The van der Waals surface area contributed by atoms with Crippen LogP contribution in [-0.2, 0) is 0 Å². The summed E-state index contributed by atoms with van der Waals surface area (Å²) in [5, 5.41) is 7.11. The molecular weight excluding hydrogens is 298 g/mol. The van der Waals surface area contributed by atoms with Gasteiger partial charge in [0.1, 0.15) is 0 Å². The van der Waals surface area contributed by atoms with Crippen molar-refractivity contribution in [1.82, 2.24) is 20.4 Å². The zero-order valence-electron chi connectivity index (χ0n) is 16.5. The number of nitrogens with zero attached hydrogens (tertiary/aromatic N) is 3. The van der Waals surface area contributed by atoms with Crippen LogP contribution in [0.3, 0.4) is 0 Å². The predicted molar refractivity (Wildman–Crippen MR) is 104 cm³/mol. The predicted octanol–water partition coefficient (Wildman–Crippen LogP) is 2.29. The van der Waals surface area contributed by atoms with E-state index >= 15 is 0 Å². The fraction of sp³-hybridized carbons (Fsp3) is 0.947. The van der Waals surface area contributed by atoms with Crippen LogP contribution in [0.5, 0.6) is 0 Å². The van der Waals surface area contributed by atoms with Gasteiger partial charge in [-0.1, -0.05) is 0 Å². The lowest BCUT2D eigenvalue weighted by atomic mass is 10.1. The average Bonchev–Trinajstić information content (AvgIpc) is 3.38. The van der Waals surface area contributed by atoms with Crippen LogP contribution >= 0.6 is 0 Å². The van der Waals surface area contributed by atoms with Gasteiger partial charge in [-0.15, -0.1) is 0 Å². The summed E-state index contributed by atoms with van der Waals surface area (Å²) >= 11 is 0. The largest absolute Gasteiger partial charge is 0.356 e. The molecule has 0 atom stereocenters. The second-order valence-corrected chi connectivity index (χ2v) is 7.96. The van der Waals surface area contributed by atoms with E-state index in [4.69, 9.17) is 0 Å². The fourth-order valence-corrected chi connectivity index (χ4v) is 3.82. The summed E-state index contributed by atoms with van der Waals surface area (Å²) in [6, 6.07) is 2.71. The maximum atomic E-state index is 4.40. The molecule has 0 aromatic heterocycles. The van der Waals surface area contributed by atoms with Crippen LogP contribution in [0.4, 0.5) is 0 Å². The molecule has 0 aromatic carbocycles. The Morgan fingerprint density at radius 1 is 1.08 bits per heavy atom. The molecule has 0 amide bonds. The van der Waals surface area contributed by atoms with Gasteiger partial charge >= 0.3 is 0 Å². The Hall–Kier alpha value is -0.810. The maximum absolute atomic E-state index is 4.40. The summed E-state index contributed by atoms with van der Waals surface area (Å²) in [7, 11) is 1.88. The van der Waals surface area contributed by atoms with E-state index in [0.29, 0.717) is 18.1 Å². The third kappa shape index (κ3) is 6.25. The molecule has 2 N–H and O–H groups in total. The van der Waals surface area contributed by atoms with Crippen molar-refractivity contribution < 1.29 is 0 Å². The number of guanidine groups is 1. The molecule has 5 nitrogen and oxygen atoms in total. The van der Waals surface area contributed by atoms with Gasteiger partial charge in [-0.2, -0.15) is 0 Å². The lowest BCUT2D eigenvalue weighted by Crippen LogP contribution is -2.49. The molecule has 2 fully saturated rings. The first-order valence-corrected chi connectivity index (χ1v) is 9.98. The molecule has 1 aliphatic carbocycles. The highest BCUT2D eigenvalue weighted by molar-refractivity contribution is 5.79. The van der Waals surface area contributed by atoms with E-state index in [9.17, 15) is 0 Å². The maximum Gasteiger partial charge on any atom is 0.191 e. The lowest BCUT2D eigenvalue weighted by molar-refractivity contribution is 0.173. The molecule has 1 aliphatic heterocycles. The van der Waals surface area contributed by atoms with Crippen molar-refractivity contribution in [2.45, 2.75) is 84.0 Å². The van der Waals surface area contributed by atoms with Crippen molar-refractivity contribution in [1.29, 1.82) is 0 Å². The summed E-state index contributed by atoms with van der Waals surface area (Å²) in [4.78, 5) is 9.62. The van der Waals surface area contributed by atoms with Crippen molar-refractivity contribution >= 4 is 5.96 Å². The van der Waals surface area contributed by atoms with Gasteiger partial charge in [0.2, 0.25) is 0 Å². The number of aliphatic imine (C=N–C) groups is 1. The summed E-state index contributed by atoms with van der Waals surface area (Å²) in [6.07, 6.45) is 6.48. The number of likely N-dealkylation sites (tertiary alicyclic amines) is 1. The molecule has 1 saturated heterocycles. The van der Waals surface area contributed by atoms with E-state index in [-0.39, 0.29) is 0 Å². The van der Waals surface area contributed by atoms with Gasteiger partial charge in [-0.3, -0.25) is 9.89 Å². The van der Waals surface area contributed by atoms with Crippen LogP contribution in [0.1, 0.15) is 59.8 Å². The van der Waals surface area contributed by atoms with E-state index in [1.807, 2.05) is 7.05 Å². The van der Waals surface area contributed by atoms with E-state index in [0.717, 1.165) is 31.5 Å². The molecule has 5 heteroatoms. The van der Waals surface area contributed by atoms with Gasteiger partial charge in [0.05, 0.1) is 0 Å². The number of nitrogens with one attached hydrogen (secondary N) is 2. The average molecular weight is 338 g/mol. The Morgan fingerprint density at radius 3 is 2.21 bits per heavy atom. The highest BCUT2D eigenvalue weighted by Gasteiger charge is 2.31. The Bertz CT molecular complexity index is 373. The Kier molecular flexibility index (Phi) is 7.82. The molecule has 140 valence electrons. The third-order valence-corrected chi connectivity index (χ3v) is 5.37. The van der Waals surface area contributed by atoms with Crippen molar-refractivity contribution in [2.75, 3.05) is 33.2 Å². The summed E-state index contributed by atoms with van der Waals surface area (Å²) in [6.45, 7) is 13.7. The van der Waals surface area contributed by atoms with Gasteiger partial charge in [0.25, 0.3) is 0 Å². The molecule has 1 heterocycles. The molecule has 2 rings (SSSR count). The van der Waals surface area contributed by atoms with Crippen molar-refractivity contribution in [2.24, 2.45) is 4.99 Å². The van der Waals surface area contributed by atoms with Crippen LogP contribution in [0, 0.1) is 0 Å². The molecule has 1 saturated carbocycles. The van der Waals surface area contributed by atoms with Crippen LogP contribution in [0.2, 0.25) is 0 Å². The zero-order valence-corrected chi connectivity index (χ0v) is 16.5. The number of hydrogen-bond donors (Lipinski definition) is 2. The highest BCUT2D eigenvalue weighted by Crippen LogP contribution is 2.29. The van der Waals surface area contributed by atoms with Gasteiger partial charge in [0, 0.05) is 57.4 Å². The second kappa shape index (κ2) is 9.62. The number of rotatable bonds is 8. The third-order valence-electron chi connectivity index (χ3n) is 5.37. The summed E-state index contributed by atoms with van der Waals surface area (Å²) in [5.41, 5.74) is 0. The SMILES string of the molecule is CN=C(NCCCN(C(C)C)C(C)C)NC1CCN(C2CC2)CC1. The minimum atomic E-state index is 0.578. The van der Waals surface area contributed by atoms with Crippen LogP contribution in [0.15, 0.2) is 4.99 Å². The zero-order chi connectivity index (χ0) is 17.5. The van der Waals surface area contributed by atoms with Crippen molar-refractivity contribution in [3.05, 3.63) is 0 Å². The number of piperidine rings is 1. The number of hydrogen-bond acceptors (Lipinski definition) is 3. The van der Waals surface area contributed by atoms with Crippen LogP contribution in [-0.4, -0.2) is 73.2 Å². The van der Waals surface area contributed by atoms with Crippen LogP contribution < -0.4 is 10.6 Å². The molecule has 24 heavy (non-hydrogen) atoms. The molecule has 2 aliphatic rings. The first kappa shape index (κ1) is 19.5. The first-order chi connectivity index (χ1) is 11.5. The normalized spacial score (nSPS) is 21.1. The Morgan fingerprint density at radius 2 is 1.71 bits per heavy atom. The van der Waals surface area contributed by atoms with Gasteiger partial charge in [-0.25, -0.2) is 0 Å². The minimum absolute atomic E-state index is 0.578. The smallest absolute Gasteiger partial charge is 0.191 e. The quantitative estimate of drug-likeness (QED) is 0.405. The van der Waals surface area contributed by atoms with E-state index < -0.39 is 0 Å². The molecular formula is C19H39N5. The fourth-order valence-electron chi connectivity index (χ4n) is 3.82. The second-order valence-electron chi connectivity index (χ2n) is 7.96. The monoisotopic (exact) mass is 337 g/mol. The van der Waals surface area contributed by atoms with Crippen molar-refractivity contribution in [3.63, 3.8) is 0 Å². The lowest BCUT2D eigenvalue weighted by Gasteiger charge is -2.33. The van der Waals surface area contributed by atoms with Gasteiger partial charge < -0.3 is 15.5 Å². The van der Waals surface area contributed by atoms with E-state index in [2.05, 4.69) is 53.1 Å². The molecule has 0 aromatic rings. The summed E-state index contributed by atoms with van der Waals surface area (Å²) < 4.78 is 0. The van der Waals surface area contributed by atoms with E-state index in [1.54, 1.807) is 0 Å². The van der Waals surface area contributed by atoms with Gasteiger partial charge in [-0.05, 0) is 59.8 Å². The Balaban J connectivity index is 1.62. The van der Waals surface area contributed by atoms with Crippen molar-refractivity contribution in [3.8, 4) is 0 Å². The topological polar surface area (TPSA) is 42.9 Å². The van der Waals surface area contributed by atoms with Crippen LogP contribution in [0.25, 0.3) is 0 Å². The standard InChI is InChI=1S/C19H39N5/c1-15(2)24(16(3)4)12-6-11-21-19(20-5)22-17-9-13-23(14-10-17)18-7-8-18/h15-18H,6-14H2,1-5H3,(H2,20,21,22). The highest BCUT2D eigenvalue weighted by atomic mass is 15.2. The first-order valence-electron chi connectivity index (χ1n) is 9.98.